The zero-order valence-electron chi connectivity index (χ0n) is 9.62. The van der Waals surface area contributed by atoms with Gasteiger partial charge in [-0.3, -0.25) is 14.3 Å². The SMILES string of the molecule is Cn1cc(-c2ccc3n[nH]c(=S)n3c2)ccc1=O. The summed E-state index contributed by atoms with van der Waals surface area (Å²) in [5.41, 5.74) is 2.69. The second-order valence-corrected chi connectivity index (χ2v) is 4.43. The van der Waals surface area contributed by atoms with Gasteiger partial charge < -0.3 is 4.57 Å². The Labute approximate surface area is 107 Å². The van der Waals surface area contributed by atoms with Crippen molar-refractivity contribution in [2.45, 2.75) is 0 Å². The smallest absolute Gasteiger partial charge is 0.250 e. The molecule has 3 rings (SSSR count). The lowest BCUT2D eigenvalue weighted by Crippen LogP contribution is -2.13. The van der Waals surface area contributed by atoms with Crippen LogP contribution in [0.1, 0.15) is 0 Å². The fraction of sp³-hybridized carbons (Fsp3) is 0.0833. The molecule has 0 aliphatic carbocycles. The van der Waals surface area contributed by atoms with E-state index >= 15 is 0 Å². The minimum Gasteiger partial charge on any atom is -0.318 e. The average molecular weight is 258 g/mol. The fourth-order valence-electron chi connectivity index (χ4n) is 1.84. The topological polar surface area (TPSA) is 55.1 Å². The van der Waals surface area contributed by atoms with Crippen LogP contribution in [-0.4, -0.2) is 19.2 Å². The lowest BCUT2D eigenvalue weighted by Gasteiger charge is -2.04. The highest BCUT2D eigenvalue weighted by molar-refractivity contribution is 7.71. The molecule has 0 amide bonds. The second-order valence-electron chi connectivity index (χ2n) is 4.04. The molecule has 3 aromatic heterocycles. The van der Waals surface area contributed by atoms with Gasteiger partial charge in [-0.15, -0.1) is 0 Å². The van der Waals surface area contributed by atoms with Gasteiger partial charge in [-0.25, -0.2) is 0 Å². The van der Waals surface area contributed by atoms with E-state index in [0.717, 1.165) is 16.8 Å². The molecule has 0 radical (unpaired) electrons. The van der Waals surface area contributed by atoms with Gasteiger partial charge in [0.05, 0.1) is 0 Å². The van der Waals surface area contributed by atoms with Gasteiger partial charge in [0.25, 0.3) is 0 Å². The Hall–Kier alpha value is -2.21. The van der Waals surface area contributed by atoms with Gasteiger partial charge >= 0.3 is 0 Å². The van der Waals surface area contributed by atoms with Crippen molar-refractivity contribution in [1.82, 2.24) is 19.2 Å². The van der Waals surface area contributed by atoms with Crippen LogP contribution in [0.25, 0.3) is 16.8 Å². The van der Waals surface area contributed by atoms with Gasteiger partial charge in [0.2, 0.25) is 5.56 Å². The molecule has 0 aromatic carbocycles. The molecular weight excluding hydrogens is 248 g/mol. The zero-order chi connectivity index (χ0) is 12.7. The molecule has 5 nitrogen and oxygen atoms in total. The van der Waals surface area contributed by atoms with Crippen molar-refractivity contribution in [2.75, 3.05) is 0 Å². The Morgan fingerprint density at radius 2 is 1.89 bits per heavy atom. The van der Waals surface area contributed by atoms with E-state index in [1.165, 1.54) is 0 Å². The standard InChI is InChI=1S/C12H10N4OS/c1-15-6-8(3-5-11(15)17)9-2-4-10-13-14-12(18)16(10)7-9/h2-7H,1H3,(H,14,18). The summed E-state index contributed by atoms with van der Waals surface area (Å²) in [6.45, 7) is 0. The number of aryl methyl sites for hydroxylation is 1. The number of aromatic nitrogens is 4. The van der Waals surface area contributed by atoms with Crippen LogP contribution in [-0.2, 0) is 7.05 Å². The third kappa shape index (κ3) is 1.67. The van der Waals surface area contributed by atoms with Crippen molar-refractivity contribution >= 4 is 17.9 Å². The van der Waals surface area contributed by atoms with Crippen molar-refractivity contribution < 1.29 is 0 Å². The summed E-state index contributed by atoms with van der Waals surface area (Å²) in [6.07, 6.45) is 3.70. The Bertz CT molecular complexity index is 843. The van der Waals surface area contributed by atoms with E-state index in [0.29, 0.717) is 4.77 Å². The van der Waals surface area contributed by atoms with E-state index in [-0.39, 0.29) is 5.56 Å². The molecule has 18 heavy (non-hydrogen) atoms. The number of nitrogens with zero attached hydrogens (tertiary/aromatic N) is 3. The summed E-state index contributed by atoms with van der Waals surface area (Å²) in [5.74, 6) is 0. The molecule has 3 aromatic rings. The van der Waals surface area contributed by atoms with Gasteiger partial charge in [0.1, 0.15) is 0 Å². The third-order valence-electron chi connectivity index (χ3n) is 2.83. The minimum absolute atomic E-state index is 0.0280. The maximum Gasteiger partial charge on any atom is 0.250 e. The summed E-state index contributed by atoms with van der Waals surface area (Å²) >= 11 is 5.13. The monoisotopic (exact) mass is 258 g/mol. The Morgan fingerprint density at radius 1 is 1.17 bits per heavy atom. The maximum absolute atomic E-state index is 11.4. The molecule has 0 unspecified atom stereocenters. The highest BCUT2D eigenvalue weighted by Crippen LogP contribution is 2.18. The normalized spacial score (nSPS) is 10.9. The van der Waals surface area contributed by atoms with E-state index in [1.807, 2.05) is 18.3 Å². The summed E-state index contributed by atoms with van der Waals surface area (Å²) in [5, 5.41) is 6.81. The van der Waals surface area contributed by atoms with Crippen molar-refractivity contribution in [3.05, 3.63) is 51.8 Å². The molecule has 0 bridgehead atoms. The van der Waals surface area contributed by atoms with E-state index in [1.54, 1.807) is 34.3 Å². The molecular formula is C12H10N4OS. The number of aromatic amines is 1. The molecule has 3 heterocycles. The van der Waals surface area contributed by atoms with Crippen molar-refractivity contribution in [3.63, 3.8) is 0 Å². The van der Waals surface area contributed by atoms with Gasteiger partial charge in [-0.2, -0.15) is 5.10 Å². The van der Waals surface area contributed by atoms with Gasteiger partial charge in [-0.1, -0.05) is 0 Å². The van der Waals surface area contributed by atoms with E-state index in [9.17, 15) is 4.79 Å². The molecule has 1 N–H and O–H groups in total. The highest BCUT2D eigenvalue weighted by Gasteiger charge is 2.02. The van der Waals surface area contributed by atoms with Gasteiger partial charge in [0.15, 0.2) is 10.4 Å². The van der Waals surface area contributed by atoms with Crippen molar-refractivity contribution in [2.24, 2.45) is 7.05 Å². The first-order valence-corrected chi connectivity index (χ1v) is 5.80. The van der Waals surface area contributed by atoms with Crippen LogP contribution in [0.2, 0.25) is 0 Å². The molecule has 0 aliphatic rings. The predicted molar refractivity (Wildman–Crippen MR) is 71.1 cm³/mol. The predicted octanol–water partition coefficient (Wildman–Crippen LogP) is 1.76. The average Bonchev–Trinajstić information content (AvgIpc) is 2.74. The molecule has 0 saturated heterocycles. The Morgan fingerprint density at radius 3 is 2.67 bits per heavy atom. The van der Waals surface area contributed by atoms with Crippen LogP contribution >= 0.6 is 12.2 Å². The number of fused-ring (bicyclic) bond motifs is 1. The van der Waals surface area contributed by atoms with Crippen LogP contribution in [0, 0.1) is 4.77 Å². The summed E-state index contributed by atoms with van der Waals surface area (Å²) < 4.78 is 3.90. The van der Waals surface area contributed by atoms with Crippen LogP contribution in [0.5, 0.6) is 0 Å². The number of pyridine rings is 2. The fourth-order valence-corrected chi connectivity index (χ4v) is 2.03. The first kappa shape index (κ1) is 10.9. The molecule has 0 aliphatic heterocycles. The lowest BCUT2D eigenvalue weighted by molar-refractivity contribution is 0.862. The van der Waals surface area contributed by atoms with Gasteiger partial charge in [0, 0.05) is 31.1 Å². The number of nitrogens with one attached hydrogen (secondary N) is 1. The first-order chi connectivity index (χ1) is 8.65. The summed E-state index contributed by atoms with van der Waals surface area (Å²) in [6, 6.07) is 7.18. The number of H-pyrrole nitrogens is 1. The van der Waals surface area contributed by atoms with Crippen molar-refractivity contribution in [3.8, 4) is 11.1 Å². The zero-order valence-corrected chi connectivity index (χ0v) is 10.4. The summed E-state index contributed by atoms with van der Waals surface area (Å²) in [7, 11) is 1.73. The number of hydrogen-bond acceptors (Lipinski definition) is 3. The van der Waals surface area contributed by atoms with Crippen LogP contribution in [0.15, 0.2) is 41.5 Å². The van der Waals surface area contributed by atoms with E-state index in [2.05, 4.69) is 10.2 Å². The highest BCUT2D eigenvalue weighted by atomic mass is 32.1. The molecule has 0 saturated carbocycles. The van der Waals surface area contributed by atoms with E-state index < -0.39 is 0 Å². The largest absolute Gasteiger partial charge is 0.318 e. The van der Waals surface area contributed by atoms with Crippen LogP contribution < -0.4 is 5.56 Å². The molecule has 90 valence electrons. The molecule has 0 atom stereocenters. The Balaban J connectivity index is 2.24. The second kappa shape index (κ2) is 3.92. The minimum atomic E-state index is -0.0280. The quantitative estimate of drug-likeness (QED) is 0.677. The summed E-state index contributed by atoms with van der Waals surface area (Å²) in [4.78, 5) is 11.4. The number of rotatable bonds is 1. The van der Waals surface area contributed by atoms with Crippen LogP contribution in [0.3, 0.4) is 0 Å². The lowest BCUT2D eigenvalue weighted by atomic mass is 10.1. The van der Waals surface area contributed by atoms with E-state index in [4.69, 9.17) is 12.2 Å². The Kier molecular flexibility index (Phi) is 2.38. The number of hydrogen-bond donors (Lipinski definition) is 1. The first-order valence-electron chi connectivity index (χ1n) is 5.39. The third-order valence-corrected chi connectivity index (χ3v) is 3.12. The maximum atomic E-state index is 11.4. The van der Waals surface area contributed by atoms with Gasteiger partial charge in [-0.05, 0) is 36.0 Å². The van der Waals surface area contributed by atoms with Crippen LogP contribution in [0.4, 0.5) is 0 Å². The molecule has 0 fully saturated rings. The molecule has 0 spiro atoms. The van der Waals surface area contributed by atoms with Crippen molar-refractivity contribution in [1.29, 1.82) is 0 Å². The molecule has 6 heteroatoms.